The van der Waals surface area contributed by atoms with E-state index in [0.29, 0.717) is 12.3 Å². The number of hydrogen-bond acceptors (Lipinski definition) is 2. The van der Waals surface area contributed by atoms with Crippen LogP contribution < -0.4 is 5.32 Å². The molecule has 0 atom stereocenters. The van der Waals surface area contributed by atoms with Crippen molar-refractivity contribution in [3.05, 3.63) is 66.1 Å². The van der Waals surface area contributed by atoms with Gasteiger partial charge in [0.2, 0.25) is 5.91 Å². The van der Waals surface area contributed by atoms with Gasteiger partial charge in [-0.3, -0.25) is 4.79 Å². The highest BCUT2D eigenvalue weighted by molar-refractivity contribution is 5.91. The lowest BCUT2D eigenvalue weighted by molar-refractivity contribution is -0.116. The summed E-state index contributed by atoms with van der Waals surface area (Å²) in [6, 6.07) is 13.2. The Morgan fingerprint density at radius 1 is 1.21 bits per heavy atom. The average Bonchev–Trinajstić information content (AvgIpc) is 2.96. The van der Waals surface area contributed by atoms with Crippen molar-refractivity contribution in [2.24, 2.45) is 0 Å². The zero-order valence-corrected chi connectivity index (χ0v) is 10.3. The normalized spacial score (nSPS) is 9.89. The molecule has 2 aromatic rings. The predicted molar refractivity (Wildman–Crippen MR) is 74.1 cm³/mol. The zero-order valence-electron chi connectivity index (χ0n) is 10.3. The first-order valence-electron chi connectivity index (χ1n) is 5.88. The Morgan fingerprint density at radius 3 is 2.79 bits per heavy atom. The van der Waals surface area contributed by atoms with E-state index in [4.69, 9.17) is 4.42 Å². The van der Waals surface area contributed by atoms with Crippen LogP contribution in [0.1, 0.15) is 11.3 Å². The molecule has 0 unspecified atom stereocenters. The second-order valence-electron chi connectivity index (χ2n) is 3.73. The van der Waals surface area contributed by atoms with Gasteiger partial charge >= 0.3 is 0 Å². The van der Waals surface area contributed by atoms with E-state index in [1.54, 1.807) is 24.5 Å². The van der Waals surface area contributed by atoms with E-state index < -0.39 is 0 Å². The molecule has 19 heavy (non-hydrogen) atoms. The summed E-state index contributed by atoms with van der Waals surface area (Å²) in [5.74, 6) is 6.30. The Bertz CT molecular complexity index is 601. The Hall–Kier alpha value is -2.73. The first-order valence-corrected chi connectivity index (χ1v) is 5.88. The summed E-state index contributed by atoms with van der Waals surface area (Å²) in [7, 11) is 0. The van der Waals surface area contributed by atoms with Gasteiger partial charge in [-0.2, -0.15) is 0 Å². The molecule has 1 N–H and O–H groups in total. The topological polar surface area (TPSA) is 42.2 Å². The molecule has 0 aliphatic rings. The number of furan rings is 1. The lowest BCUT2D eigenvalue weighted by atomic mass is 10.2. The van der Waals surface area contributed by atoms with Crippen molar-refractivity contribution < 1.29 is 9.21 Å². The highest BCUT2D eigenvalue weighted by Gasteiger charge is 1.93. The maximum absolute atomic E-state index is 11.4. The van der Waals surface area contributed by atoms with Crippen molar-refractivity contribution in [3.63, 3.8) is 0 Å². The minimum atomic E-state index is -0.196. The standard InChI is InChI=1S/C16H13NO2/c18-16(11-10-15-9-5-13-19-15)17-12-4-8-14-6-2-1-3-7-14/h1-3,5-7,9-11,13H,12H2,(H,17,18)/b11-10+. The fourth-order valence-electron chi connectivity index (χ4n) is 1.40. The number of rotatable bonds is 3. The molecule has 0 saturated heterocycles. The van der Waals surface area contributed by atoms with Crippen LogP contribution in [0.25, 0.3) is 6.08 Å². The van der Waals surface area contributed by atoms with Crippen LogP contribution in [0, 0.1) is 11.8 Å². The van der Waals surface area contributed by atoms with Gasteiger partial charge in [-0.15, -0.1) is 0 Å². The predicted octanol–water partition coefficient (Wildman–Crippen LogP) is 2.46. The fraction of sp³-hybridized carbons (Fsp3) is 0.0625. The third-order valence-corrected chi connectivity index (χ3v) is 2.30. The smallest absolute Gasteiger partial charge is 0.244 e. The molecule has 0 spiro atoms. The Kier molecular flexibility index (Phi) is 4.60. The van der Waals surface area contributed by atoms with Gasteiger partial charge in [-0.25, -0.2) is 0 Å². The Balaban J connectivity index is 1.77. The maximum atomic E-state index is 11.4. The molecule has 2 rings (SSSR count). The summed E-state index contributed by atoms with van der Waals surface area (Å²) in [6.07, 6.45) is 4.59. The Labute approximate surface area is 111 Å². The summed E-state index contributed by atoms with van der Waals surface area (Å²) in [6.45, 7) is 0.316. The fourth-order valence-corrected chi connectivity index (χ4v) is 1.40. The lowest BCUT2D eigenvalue weighted by Gasteiger charge is -1.93. The van der Waals surface area contributed by atoms with Crippen molar-refractivity contribution in [1.82, 2.24) is 5.32 Å². The first kappa shape index (κ1) is 12.7. The van der Waals surface area contributed by atoms with Crippen LogP contribution in [-0.2, 0) is 4.79 Å². The largest absolute Gasteiger partial charge is 0.465 e. The minimum absolute atomic E-state index is 0.196. The summed E-state index contributed by atoms with van der Waals surface area (Å²) in [5.41, 5.74) is 0.933. The Morgan fingerprint density at radius 2 is 2.05 bits per heavy atom. The number of carbonyl (C=O) groups is 1. The van der Waals surface area contributed by atoms with Crippen molar-refractivity contribution in [2.45, 2.75) is 0 Å². The van der Waals surface area contributed by atoms with Crippen molar-refractivity contribution >= 4 is 12.0 Å². The van der Waals surface area contributed by atoms with Gasteiger partial charge in [-0.05, 0) is 30.3 Å². The molecular weight excluding hydrogens is 238 g/mol. The van der Waals surface area contributed by atoms with Crippen LogP contribution in [0.3, 0.4) is 0 Å². The number of nitrogens with one attached hydrogen (secondary N) is 1. The summed E-state index contributed by atoms with van der Waals surface area (Å²) in [4.78, 5) is 11.4. The molecule has 1 aromatic carbocycles. The minimum Gasteiger partial charge on any atom is -0.465 e. The molecule has 0 aliphatic heterocycles. The molecule has 0 fully saturated rings. The van der Waals surface area contributed by atoms with E-state index >= 15 is 0 Å². The van der Waals surface area contributed by atoms with Gasteiger partial charge in [-0.1, -0.05) is 30.0 Å². The quantitative estimate of drug-likeness (QED) is 0.672. The first-order chi connectivity index (χ1) is 9.34. The average molecular weight is 251 g/mol. The molecule has 1 amide bonds. The highest BCUT2D eigenvalue weighted by atomic mass is 16.3. The highest BCUT2D eigenvalue weighted by Crippen LogP contribution is 2.01. The zero-order chi connectivity index (χ0) is 13.3. The van der Waals surface area contributed by atoms with Crippen LogP contribution in [0.2, 0.25) is 0 Å². The monoisotopic (exact) mass is 251 g/mol. The van der Waals surface area contributed by atoms with Crippen molar-refractivity contribution in [2.75, 3.05) is 6.54 Å². The molecule has 1 heterocycles. The van der Waals surface area contributed by atoms with E-state index in [0.717, 1.165) is 5.56 Å². The van der Waals surface area contributed by atoms with Crippen molar-refractivity contribution in [3.8, 4) is 11.8 Å². The molecule has 0 saturated carbocycles. The lowest BCUT2D eigenvalue weighted by Crippen LogP contribution is -2.20. The summed E-state index contributed by atoms with van der Waals surface area (Å²) in [5, 5.41) is 2.67. The molecule has 0 radical (unpaired) electrons. The third kappa shape index (κ3) is 4.57. The second-order valence-corrected chi connectivity index (χ2v) is 3.73. The van der Waals surface area contributed by atoms with E-state index in [-0.39, 0.29) is 5.91 Å². The van der Waals surface area contributed by atoms with E-state index in [9.17, 15) is 4.79 Å². The van der Waals surface area contributed by atoms with E-state index in [1.165, 1.54) is 6.08 Å². The number of amides is 1. The molecular formula is C16H13NO2. The van der Waals surface area contributed by atoms with Gasteiger partial charge in [0, 0.05) is 11.6 Å². The van der Waals surface area contributed by atoms with Crippen LogP contribution in [0.5, 0.6) is 0 Å². The van der Waals surface area contributed by atoms with Gasteiger partial charge in [0.1, 0.15) is 5.76 Å². The molecule has 94 valence electrons. The SMILES string of the molecule is O=C(/C=C/c1ccco1)NCC#Cc1ccccc1. The number of carbonyl (C=O) groups excluding carboxylic acids is 1. The van der Waals surface area contributed by atoms with Crippen molar-refractivity contribution in [1.29, 1.82) is 0 Å². The van der Waals surface area contributed by atoms with Crippen LogP contribution >= 0.6 is 0 Å². The number of hydrogen-bond donors (Lipinski definition) is 1. The van der Waals surface area contributed by atoms with Gasteiger partial charge in [0.25, 0.3) is 0 Å². The van der Waals surface area contributed by atoms with Gasteiger partial charge in [0.15, 0.2) is 0 Å². The maximum Gasteiger partial charge on any atom is 0.244 e. The molecule has 0 aliphatic carbocycles. The molecule has 3 nitrogen and oxygen atoms in total. The number of benzene rings is 1. The third-order valence-electron chi connectivity index (χ3n) is 2.30. The van der Waals surface area contributed by atoms with Gasteiger partial charge < -0.3 is 9.73 Å². The van der Waals surface area contributed by atoms with E-state index in [1.807, 2.05) is 30.3 Å². The molecule has 0 bridgehead atoms. The van der Waals surface area contributed by atoms with Crippen LogP contribution in [0.4, 0.5) is 0 Å². The second kappa shape index (κ2) is 6.87. The van der Waals surface area contributed by atoms with Gasteiger partial charge in [0.05, 0.1) is 12.8 Å². The van der Waals surface area contributed by atoms with Crippen LogP contribution in [-0.4, -0.2) is 12.5 Å². The molecule has 3 heteroatoms. The summed E-state index contributed by atoms with van der Waals surface area (Å²) < 4.78 is 5.07. The van der Waals surface area contributed by atoms with E-state index in [2.05, 4.69) is 17.2 Å². The van der Waals surface area contributed by atoms with Crippen LogP contribution in [0.15, 0.2) is 59.2 Å². The summed E-state index contributed by atoms with van der Waals surface area (Å²) >= 11 is 0. The molecule has 1 aromatic heterocycles.